The molecule has 0 aromatic heterocycles. The summed E-state index contributed by atoms with van der Waals surface area (Å²) in [7, 11) is 0. The summed E-state index contributed by atoms with van der Waals surface area (Å²) in [6, 6.07) is 4.81. The van der Waals surface area contributed by atoms with E-state index in [4.69, 9.17) is 0 Å². The number of piperidine rings is 1. The van der Waals surface area contributed by atoms with Crippen molar-refractivity contribution in [2.45, 2.75) is 50.6 Å². The van der Waals surface area contributed by atoms with Gasteiger partial charge in [0.05, 0.1) is 11.1 Å². The molecule has 152 valence electrons. The number of carbonyl (C=O) groups excluding carboxylic acids is 4. The van der Waals surface area contributed by atoms with Gasteiger partial charge in [-0.2, -0.15) is 0 Å². The fourth-order valence-electron chi connectivity index (χ4n) is 5.41. The summed E-state index contributed by atoms with van der Waals surface area (Å²) in [5.74, 6) is -1.90. The van der Waals surface area contributed by atoms with Crippen LogP contribution in [0.4, 0.5) is 5.69 Å². The molecule has 4 amide bonds. The predicted octanol–water partition coefficient (Wildman–Crippen LogP) is 1.03. The van der Waals surface area contributed by atoms with Crippen LogP contribution in [0.3, 0.4) is 0 Å². The van der Waals surface area contributed by atoms with Crippen molar-refractivity contribution in [2.75, 3.05) is 18.4 Å². The Morgan fingerprint density at radius 2 is 1.90 bits per heavy atom. The SMILES string of the molecule is O=C1CCC(N2C(=O)c3ccc(NC[C@]45CCC[C@H]4NCC5)cc3C2=O)C(=O)N1. The zero-order valence-electron chi connectivity index (χ0n) is 16.1. The van der Waals surface area contributed by atoms with Crippen molar-refractivity contribution in [3.05, 3.63) is 29.3 Å². The first-order valence-corrected chi connectivity index (χ1v) is 10.3. The van der Waals surface area contributed by atoms with Crippen LogP contribution < -0.4 is 16.0 Å². The highest BCUT2D eigenvalue weighted by atomic mass is 16.2. The van der Waals surface area contributed by atoms with Crippen molar-refractivity contribution in [3.8, 4) is 0 Å². The van der Waals surface area contributed by atoms with E-state index in [2.05, 4.69) is 16.0 Å². The lowest BCUT2D eigenvalue weighted by molar-refractivity contribution is -0.136. The summed E-state index contributed by atoms with van der Waals surface area (Å²) in [6.45, 7) is 1.88. The van der Waals surface area contributed by atoms with E-state index in [1.165, 1.54) is 19.3 Å². The third kappa shape index (κ3) is 2.85. The zero-order chi connectivity index (χ0) is 20.2. The van der Waals surface area contributed by atoms with Gasteiger partial charge in [-0.25, -0.2) is 0 Å². The van der Waals surface area contributed by atoms with Crippen LogP contribution in [0.5, 0.6) is 0 Å². The van der Waals surface area contributed by atoms with E-state index >= 15 is 0 Å². The molecule has 3 heterocycles. The van der Waals surface area contributed by atoms with Gasteiger partial charge in [0.2, 0.25) is 11.8 Å². The van der Waals surface area contributed by atoms with Gasteiger partial charge in [0.15, 0.2) is 0 Å². The van der Waals surface area contributed by atoms with Crippen molar-refractivity contribution in [2.24, 2.45) is 5.41 Å². The Kier molecular flexibility index (Phi) is 4.20. The van der Waals surface area contributed by atoms with Crippen LogP contribution in [-0.4, -0.2) is 53.7 Å². The molecule has 8 nitrogen and oxygen atoms in total. The van der Waals surface area contributed by atoms with Crippen LogP contribution in [0, 0.1) is 5.41 Å². The third-order valence-electron chi connectivity index (χ3n) is 7.00. The van der Waals surface area contributed by atoms with Crippen molar-refractivity contribution >= 4 is 29.3 Å². The highest BCUT2D eigenvalue weighted by Gasteiger charge is 2.46. The Balaban J connectivity index is 1.34. The number of carbonyl (C=O) groups is 4. The lowest BCUT2D eigenvalue weighted by Gasteiger charge is -2.29. The van der Waals surface area contributed by atoms with E-state index in [0.717, 1.165) is 30.1 Å². The molecule has 29 heavy (non-hydrogen) atoms. The van der Waals surface area contributed by atoms with E-state index < -0.39 is 23.8 Å². The fourth-order valence-corrected chi connectivity index (χ4v) is 5.41. The first kappa shape index (κ1) is 18.3. The Labute approximate surface area is 168 Å². The van der Waals surface area contributed by atoms with E-state index in [1.807, 2.05) is 6.07 Å². The number of hydrogen-bond acceptors (Lipinski definition) is 6. The van der Waals surface area contributed by atoms with Crippen molar-refractivity contribution in [1.82, 2.24) is 15.5 Å². The summed E-state index contributed by atoms with van der Waals surface area (Å²) in [5.41, 5.74) is 1.69. The molecule has 3 atom stereocenters. The second-order valence-corrected chi connectivity index (χ2v) is 8.57. The monoisotopic (exact) mass is 396 g/mol. The van der Waals surface area contributed by atoms with Gasteiger partial charge in [0.25, 0.3) is 11.8 Å². The number of nitrogens with one attached hydrogen (secondary N) is 3. The van der Waals surface area contributed by atoms with Crippen LogP contribution >= 0.6 is 0 Å². The predicted molar refractivity (Wildman–Crippen MR) is 104 cm³/mol. The number of hydrogen-bond donors (Lipinski definition) is 3. The molecule has 4 aliphatic rings. The van der Waals surface area contributed by atoms with Gasteiger partial charge in [-0.3, -0.25) is 29.4 Å². The average molecular weight is 396 g/mol. The number of amides is 4. The minimum Gasteiger partial charge on any atom is -0.384 e. The third-order valence-corrected chi connectivity index (χ3v) is 7.00. The summed E-state index contributed by atoms with van der Waals surface area (Å²) >= 11 is 0. The molecular formula is C21H24N4O4. The first-order valence-electron chi connectivity index (χ1n) is 10.3. The molecule has 1 unspecified atom stereocenters. The average Bonchev–Trinajstić information content (AvgIpc) is 3.34. The lowest BCUT2D eigenvalue weighted by atomic mass is 9.82. The normalized spacial score (nSPS) is 31.1. The summed E-state index contributed by atoms with van der Waals surface area (Å²) in [4.78, 5) is 50.2. The Morgan fingerprint density at radius 3 is 2.72 bits per heavy atom. The van der Waals surface area contributed by atoms with Gasteiger partial charge < -0.3 is 10.6 Å². The number of benzene rings is 1. The molecule has 8 heteroatoms. The Bertz CT molecular complexity index is 917. The van der Waals surface area contributed by atoms with Crippen LogP contribution in [0.25, 0.3) is 0 Å². The van der Waals surface area contributed by atoms with Gasteiger partial charge in [-0.1, -0.05) is 6.42 Å². The topological polar surface area (TPSA) is 108 Å². The molecule has 0 bridgehead atoms. The van der Waals surface area contributed by atoms with Crippen LogP contribution in [0.2, 0.25) is 0 Å². The van der Waals surface area contributed by atoms with Crippen molar-refractivity contribution < 1.29 is 19.2 Å². The minimum absolute atomic E-state index is 0.119. The largest absolute Gasteiger partial charge is 0.384 e. The molecule has 3 aliphatic heterocycles. The van der Waals surface area contributed by atoms with Crippen molar-refractivity contribution in [1.29, 1.82) is 0 Å². The molecule has 1 aromatic carbocycles. The smallest absolute Gasteiger partial charge is 0.262 e. The summed E-state index contributed by atoms with van der Waals surface area (Å²) < 4.78 is 0. The zero-order valence-corrected chi connectivity index (χ0v) is 16.1. The summed E-state index contributed by atoms with van der Waals surface area (Å²) in [5, 5.41) is 9.28. The number of nitrogens with zero attached hydrogens (tertiary/aromatic N) is 1. The highest BCUT2D eigenvalue weighted by molar-refractivity contribution is 6.23. The maximum atomic E-state index is 12.9. The molecule has 5 rings (SSSR count). The van der Waals surface area contributed by atoms with E-state index in [1.54, 1.807) is 12.1 Å². The first-order chi connectivity index (χ1) is 14.0. The number of imide groups is 2. The lowest BCUT2D eigenvalue weighted by Crippen LogP contribution is -2.54. The van der Waals surface area contributed by atoms with Gasteiger partial charge in [0.1, 0.15) is 6.04 Å². The molecule has 1 saturated carbocycles. The highest BCUT2D eigenvalue weighted by Crippen LogP contribution is 2.44. The molecule has 1 aliphatic carbocycles. The maximum Gasteiger partial charge on any atom is 0.262 e. The number of anilines is 1. The number of rotatable bonds is 4. The Hall–Kier alpha value is -2.74. The van der Waals surface area contributed by atoms with Crippen molar-refractivity contribution in [3.63, 3.8) is 0 Å². The van der Waals surface area contributed by atoms with Gasteiger partial charge in [-0.05, 0) is 50.4 Å². The Morgan fingerprint density at radius 1 is 1.07 bits per heavy atom. The molecular weight excluding hydrogens is 372 g/mol. The molecule has 3 N–H and O–H groups in total. The van der Waals surface area contributed by atoms with Gasteiger partial charge in [-0.15, -0.1) is 0 Å². The van der Waals surface area contributed by atoms with E-state index in [-0.39, 0.29) is 24.2 Å². The maximum absolute atomic E-state index is 12.9. The number of fused-ring (bicyclic) bond motifs is 2. The van der Waals surface area contributed by atoms with Gasteiger partial charge >= 0.3 is 0 Å². The van der Waals surface area contributed by atoms with Crippen LogP contribution in [0.15, 0.2) is 18.2 Å². The fraction of sp³-hybridized carbons (Fsp3) is 0.524. The summed E-state index contributed by atoms with van der Waals surface area (Å²) in [6.07, 6.45) is 5.07. The van der Waals surface area contributed by atoms with E-state index in [9.17, 15) is 19.2 Å². The quantitative estimate of drug-likeness (QED) is 0.656. The standard InChI is InChI=1S/C21H24N4O4/c26-17-6-5-15(18(27)24-17)25-19(28)13-4-3-12(10-14(13)20(25)29)23-11-21-7-1-2-16(21)22-9-8-21/h3-4,10,15-16,22-23H,1-2,5-9,11H2,(H,24,26,27)/t15?,16-,21-/m1/s1. The minimum atomic E-state index is -0.931. The van der Waals surface area contributed by atoms with Crippen LogP contribution in [-0.2, 0) is 9.59 Å². The van der Waals surface area contributed by atoms with Crippen LogP contribution in [0.1, 0.15) is 59.2 Å². The molecule has 3 fully saturated rings. The molecule has 1 aromatic rings. The van der Waals surface area contributed by atoms with E-state index in [0.29, 0.717) is 17.2 Å². The van der Waals surface area contributed by atoms with Gasteiger partial charge in [0, 0.05) is 30.1 Å². The second-order valence-electron chi connectivity index (χ2n) is 8.57. The second kappa shape index (κ2) is 6.66. The molecule has 0 spiro atoms. The molecule has 0 radical (unpaired) electrons. The molecule has 2 saturated heterocycles.